The van der Waals surface area contributed by atoms with Crippen LogP contribution in [0.2, 0.25) is 0 Å². The van der Waals surface area contributed by atoms with Gasteiger partial charge in [-0.2, -0.15) is 0 Å². The number of para-hydroxylation sites is 1. The summed E-state index contributed by atoms with van der Waals surface area (Å²) >= 11 is 0. The molecule has 0 spiro atoms. The first-order valence-electron chi connectivity index (χ1n) is 5.95. The maximum atomic E-state index is 11.9. The maximum Gasteiger partial charge on any atom is 0.327 e. The average molecular weight is 231 g/mol. The molecule has 0 aliphatic carbocycles. The predicted molar refractivity (Wildman–Crippen MR) is 68.2 cm³/mol. The molecular formula is C13H17N3O. The van der Waals surface area contributed by atoms with Gasteiger partial charge in [-0.25, -0.2) is 9.78 Å². The number of hydrogen-bond acceptors (Lipinski definition) is 2. The van der Waals surface area contributed by atoms with E-state index in [0.717, 1.165) is 29.4 Å². The van der Waals surface area contributed by atoms with Crippen LogP contribution in [0.3, 0.4) is 0 Å². The van der Waals surface area contributed by atoms with Crippen LogP contribution < -0.4 is 5.32 Å². The van der Waals surface area contributed by atoms with Crippen molar-refractivity contribution in [2.75, 3.05) is 6.54 Å². The highest BCUT2D eigenvalue weighted by Crippen LogP contribution is 2.15. The molecule has 0 saturated carbocycles. The summed E-state index contributed by atoms with van der Waals surface area (Å²) in [5.74, 6) is 0. The molecule has 4 nitrogen and oxygen atoms in total. The summed E-state index contributed by atoms with van der Waals surface area (Å²) < 4.78 is 1.57. The second-order valence-electron chi connectivity index (χ2n) is 4.14. The smallest absolute Gasteiger partial charge is 0.327 e. The van der Waals surface area contributed by atoms with Gasteiger partial charge in [0, 0.05) is 6.54 Å². The molecule has 4 heteroatoms. The van der Waals surface area contributed by atoms with Crippen LogP contribution in [-0.4, -0.2) is 22.1 Å². The number of benzene rings is 1. The van der Waals surface area contributed by atoms with Crippen molar-refractivity contribution < 1.29 is 4.79 Å². The number of rotatable bonds is 3. The Labute approximate surface area is 101 Å². The quantitative estimate of drug-likeness (QED) is 0.825. The van der Waals surface area contributed by atoms with Crippen molar-refractivity contribution in [2.24, 2.45) is 0 Å². The fourth-order valence-corrected chi connectivity index (χ4v) is 1.80. The Bertz CT molecular complexity index is 530. The van der Waals surface area contributed by atoms with Crippen LogP contribution in [0.5, 0.6) is 0 Å². The van der Waals surface area contributed by atoms with Crippen LogP contribution >= 0.6 is 0 Å². The molecule has 0 atom stereocenters. The number of aryl methyl sites for hydroxylation is 1. The van der Waals surface area contributed by atoms with Gasteiger partial charge >= 0.3 is 6.03 Å². The summed E-state index contributed by atoms with van der Waals surface area (Å²) in [5.41, 5.74) is 2.83. The van der Waals surface area contributed by atoms with Crippen LogP contribution in [0.4, 0.5) is 4.79 Å². The molecule has 17 heavy (non-hydrogen) atoms. The van der Waals surface area contributed by atoms with Crippen LogP contribution in [-0.2, 0) is 0 Å². The van der Waals surface area contributed by atoms with E-state index in [-0.39, 0.29) is 6.03 Å². The second-order valence-corrected chi connectivity index (χ2v) is 4.14. The normalized spacial score (nSPS) is 10.7. The summed E-state index contributed by atoms with van der Waals surface area (Å²) in [6.45, 7) is 4.80. The standard InChI is InChI=1S/C13H17N3O/c1-3-4-8-14-13(17)16-9-15-12-10(2)6-5-7-11(12)16/h5-7,9H,3-4,8H2,1-2H3,(H,14,17). The van der Waals surface area contributed by atoms with E-state index < -0.39 is 0 Å². The third-order valence-corrected chi connectivity index (χ3v) is 2.80. The van der Waals surface area contributed by atoms with Gasteiger partial charge in [-0.3, -0.25) is 4.57 Å². The summed E-state index contributed by atoms with van der Waals surface area (Å²) in [6, 6.07) is 5.74. The highest BCUT2D eigenvalue weighted by Gasteiger charge is 2.09. The molecule has 0 saturated heterocycles. The first kappa shape index (κ1) is 11.6. The molecular weight excluding hydrogens is 214 g/mol. The average Bonchev–Trinajstić information content (AvgIpc) is 2.74. The first-order valence-corrected chi connectivity index (χ1v) is 5.95. The minimum Gasteiger partial charge on any atom is -0.337 e. The zero-order chi connectivity index (χ0) is 12.3. The fraction of sp³-hybridized carbons (Fsp3) is 0.385. The van der Waals surface area contributed by atoms with E-state index in [1.54, 1.807) is 10.9 Å². The Morgan fingerprint density at radius 2 is 2.29 bits per heavy atom. The highest BCUT2D eigenvalue weighted by molar-refractivity contribution is 5.90. The van der Waals surface area contributed by atoms with E-state index in [2.05, 4.69) is 17.2 Å². The van der Waals surface area contributed by atoms with E-state index in [4.69, 9.17) is 0 Å². The minimum absolute atomic E-state index is 0.105. The lowest BCUT2D eigenvalue weighted by Gasteiger charge is -2.05. The molecule has 1 N–H and O–H groups in total. The highest BCUT2D eigenvalue weighted by atomic mass is 16.2. The first-order chi connectivity index (χ1) is 8.24. The zero-order valence-corrected chi connectivity index (χ0v) is 10.2. The molecule has 0 unspecified atom stereocenters. The molecule has 2 rings (SSSR count). The zero-order valence-electron chi connectivity index (χ0n) is 10.2. The lowest BCUT2D eigenvalue weighted by Crippen LogP contribution is -2.28. The number of carbonyl (C=O) groups excluding carboxylic acids is 1. The number of fused-ring (bicyclic) bond motifs is 1. The van der Waals surface area contributed by atoms with Gasteiger partial charge in [-0.05, 0) is 25.0 Å². The number of hydrogen-bond donors (Lipinski definition) is 1. The van der Waals surface area contributed by atoms with Crippen molar-refractivity contribution in [3.8, 4) is 0 Å². The number of carbonyl (C=O) groups is 1. The van der Waals surface area contributed by atoms with Gasteiger partial charge in [-0.1, -0.05) is 25.5 Å². The van der Waals surface area contributed by atoms with E-state index in [1.165, 1.54) is 0 Å². The van der Waals surface area contributed by atoms with Crippen LogP contribution in [0.15, 0.2) is 24.5 Å². The number of aromatic nitrogens is 2. The molecule has 90 valence electrons. The molecule has 0 radical (unpaired) electrons. The lowest BCUT2D eigenvalue weighted by atomic mass is 10.2. The third-order valence-electron chi connectivity index (χ3n) is 2.80. The lowest BCUT2D eigenvalue weighted by molar-refractivity contribution is 0.243. The Morgan fingerprint density at radius 3 is 3.06 bits per heavy atom. The number of nitrogens with zero attached hydrogens (tertiary/aromatic N) is 2. The van der Waals surface area contributed by atoms with Crippen molar-refractivity contribution in [1.82, 2.24) is 14.9 Å². The van der Waals surface area contributed by atoms with Gasteiger partial charge < -0.3 is 5.32 Å². The molecule has 1 heterocycles. The number of nitrogens with one attached hydrogen (secondary N) is 1. The molecule has 0 aliphatic heterocycles. The van der Waals surface area contributed by atoms with Crippen molar-refractivity contribution >= 4 is 17.1 Å². The Hall–Kier alpha value is -1.84. The number of unbranched alkanes of at least 4 members (excludes halogenated alkanes) is 1. The Morgan fingerprint density at radius 1 is 1.47 bits per heavy atom. The van der Waals surface area contributed by atoms with Crippen molar-refractivity contribution in [1.29, 1.82) is 0 Å². The van der Waals surface area contributed by atoms with Gasteiger partial charge in [0.25, 0.3) is 0 Å². The summed E-state index contributed by atoms with van der Waals surface area (Å²) in [7, 11) is 0. The second kappa shape index (κ2) is 4.99. The molecule has 0 fully saturated rings. The van der Waals surface area contributed by atoms with Crippen molar-refractivity contribution in [3.05, 3.63) is 30.1 Å². The fourth-order valence-electron chi connectivity index (χ4n) is 1.80. The summed E-state index contributed by atoms with van der Waals surface area (Å²) in [5, 5.41) is 2.88. The summed E-state index contributed by atoms with van der Waals surface area (Å²) in [4.78, 5) is 16.2. The summed E-state index contributed by atoms with van der Waals surface area (Å²) in [6.07, 6.45) is 3.65. The van der Waals surface area contributed by atoms with E-state index in [0.29, 0.717) is 6.54 Å². The minimum atomic E-state index is -0.105. The topological polar surface area (TPSA) is 46.9 Å². The molecule has 1 aromatic carbocycles. The maximum absolute atomic E-state index is 11.9. The SMILES string of the molecule is CCCCNC(=O)n1cnc2c(C)cccc21. The van der Waals surface area contributed by atoms with Gasteiger partial charge in [0.05, 0.1) is 11.0 Å². The van der Waals surface area contributed by atoms with Gasteiger partial charge in [0.1, 0.15) is 6.33 Å². The van der Waals surface area contributed by atoms with Crippen LogP contribution in [0, 0.1) is 6.92 Å². The van der Waals surface area contributed by atoms with E-state index in [9.17, 15) is 4.79 Å². The van der Waals surface area contributed by atoms with Crippen molar-refractivity contribution in [2.45, 2.75) is 26.7 Å². The molecule has 0 bridgehead atoms. The number of imidazole rings is 1. The Balaban J connectivity index is 2.24. The Kier molecular flexibility index (Phi) is 3.42. The molecule has 1 aromatic heterocycles. The molecule has 1 amide bonds. The van der Waals surface area contributed by atoms with Crippen molar-refractivity contribution in [3.63, 3.8) is 0 Å². The van der Waals surface area contributed by atoms with Gasteiger partial charge in [0.2, 0.25) is 0 Å². The van der Waals surface area contributed by atoms with Crippen LogP contribution in [0.1, 0.15) is 25.3 Å². The van der Waals surface area contributed by atoms with Crippen LogP contribution in [0.25, 0.3) is 11.0 Å². The molecule has 2 aromatic rings. The molecule has 0 aliphatic rings. The number of amides is 1. The monoisotopic (exact) mass is 231 g/mol. The van der Waals surface area contributed by atoms with E-state index >= 15 is 0 Å². The van der Waals surface area contributed by atoms with E-state index in [1.807, 2.05) is 25.1 Å². The third kappa shape index (κ3) is 2.30. The predicted octanol–water partition coefficient (Wildman–Crippen LogP) is 2.70. The largest absolute Gasteiger partial charge is 0.337 e. The van der Waals surface area contributed by atoms with Gasteiger partial charge in [0.15, 0.2) is 0 Å². The van der Waals surface area contributed by atoms with Gasteiger partial charge in [-0.15, -0.1) is 0 Å².